The zero-order chi connectivity index (χ0) is 14.3. The fraction of sp³-hybridized carbons (Fsp3) is 0.923. The summed E-state index contributed by atoms with van der Waals surface area (Å²) in [5, 5.41) is 15.3. The first-order valence-electron chi connectivity index (χ1n) is 7.19. The van der Waals surface area contributed by atoms with E-state index < -0.39 is 12.0 Å². The number of azide groups is 1. The number of unbranched alkanes of at least 4 members (excludes halogenated alkanes) is 6. The van der Waals surface area contributed by atoms with Crippen LogP contribution in [0.5, 0.6) is 0 Å². The molecule has 110 valence electrons. The molecule has 0 saturated heterocycles. The van der Waals surface area contributed by atoms with E-state index in [2.05, 4.69) is 22.3 Å². The van der Waals surface area contributed by atoms with E-state index in [9.17, 15) is 4.79 Å². The van der Waals surface area contributed by atoms with Crippen LogP contribution in [-0.2, 0) is 4.79 Å². The Hall–Kier alpha value is -1.26. The largest absolute Gasteiger partial charge is 0.480 e. The van der Waals surface area contributed by atoms with E-state index in [-0.39, 0.29) is 6.54 Å². The molecule has 0 bridgehead atoms. The van der Waals surface area contributed by atoms with Crippen LogP contribution in [0, 0.1) is 0 Å². The normalized spacial score (nSPS) is 11.8. The van der Waals surface area contributed by atoms with Crippen molar-refractivity contribution < 1.29 is 9.90 Å². The minimum Gasteiger partial charge on any atom is -0.480 e. The predicted octanol–water partition coefficient (Wildman–Crippen LogP) is 3.48. The number of carboxylic acids is 1. The highest BCUT2D eigenvalue weighted by molar-refractivity contribution is 5.73. The quantitative estimate of drug-likeness (QED) is 0.232. The number of carbonyl (C=O) groups is 1. The molecule has 6 heteroatoms. The lowest BCUT2D eigenvalue weighted by Gasteiger charge is -2.13. The van der Waals surface area contributed by atoms with E-state index >= 15 is 0 Å². The Morgan fingerprint density at radius 2 is 1.89 bits per heavy atom. The molecule has 0 heterocycles. The van der Waals surface area contributed by atoms with Crippen LogP contribution in [0.2, 0.25) is 0 Å². The van der Waals surface area contributed by atoms with Gasteiger partial charge in [0.15, 0.2) is 0 Å². The minimum absolute atomic E-state index is 0.289. The number of aliphatic carboxylic acids is 1. The van der Waals surface area contributed by atoms with E-state index in [1.807, 2.05) is 0 Å². The molecule has 0 aliphatic carbocycles. The van der Waals surface area contributed by atoms with Crippen molar-refractivity contribution in [2.75, 3.05) is 13.1 Å². The second-order valence-electron chi connectivity index (χ2n) is 4.71. The highest BCUT2D eigenvalue weighted by Gasteiger charge is 2.15. The molecule has 0 aliphatic heterocycles. The van der Waals surface area contributed by atoms with Crippen molar-refractivity contribution in [1.29, 1.82) is 0 Å². The maximum atomic E-state index is 11.0. The van der Waals surface area contributed by atoms with Gasteiger partial charge in [-0.2, -0.15) is 0 Å². The van der Waals surface area contributed by atoms with Gasteiger partial charge in [-0.05, 0) is 12.0 Å². The highest BCUT2D eigenvalue weighted by atomic mass is 16.4. The Morgan fingerprint density at radius 3 is 2.47 bits per heavy atom. The molecule has 1 atom stereocenters. The van der Waals surface area contributed by atoms with Gasteiger partial charge in [0.1, 0.15) is 6.04 Å². The molecular weight excluding hydrogens is 244 g/mol. The molecule has 0 aromatic heterocycles. The van der Waals surface area contributed by atoms with Gasteiger partial charge in [-0.25, -0.2) is 0 Å². The van der Waals surface area contributed by atoms with Crippen molar-refractivity contribution in [1.82, 2.24) is 5.32 Å². The van der Waals surface area contributed by atoms with Crippen molar-refractivity contribution in [2.24, 2.45) is 5.11 Å². The molecule has 0 aromatic rings. The zero-order valence-corrected chi connectivity index (χ0v) is 11.8. The smallest absolute Gasteiger partial charge is 0.320 e. The van der Waals surface area contributed by atoms with E-state index in [0.717, 1.165) is 12.8 Å². The molecular formula is C13H26N4O2. The van der Waals surface area contributed by atoms with Crippen LogP contribution in [-0.4, -0.2) is 30.2 Å². The van der Waals surface area contributed by atoms with Crippen LogP contribution in [0.25, 0.3) is 10.4 Å². The van der Waals surface area contributed by atoms with Gasteiger partial charge in [-0.15, -0.1) is 0 Å². The first-order valence-corrected chi connectivity index (χ1v) is 7.19. The van der Waals surface area contributed by atoms with Gasteiger partial charge in [0.2, 0.25) is 0 Å². The fourth-order valence-corrected chi connectivity index (χ4v) is 1.95. The molecule has 0 fully saturated rings. The number of carboxylic acid groups (broad SMARTS) is 1. The summed E-state index contributed by atoms with van der Waals surface area (Å²) in [6.07, 6.45) is 8.90. The average Bonchev–Trinajstić information content (AvgIpc) is 2.39. The summed E-state index contributed by atoms with van der Waals surface area (Å²) < 4.78 is 0. The highest BCUT2D eigenvalue weighted by Crippen LogP contribution is 2.09. The zero-order valence-electron chi connectivity index (χ0n) is 11.8. The molecule has 2 N–H and O–H groups in total. The van der Waals surface area contributed by atoms with E-state index in [0.29, 0.717) is 13.0 Å². The molecule has 0 spiro atoms. The number of hydrogen-bond acceptors (Lipinski definition) is 3. The molecule has 0 radical (unpaired) electrons. The third-order valence-corrected chi connectivity index (χ3v) is 3.06. The topological polar surface area (TPSA) is 98.1 Å². The molecule has 0 rings (SSSR count). The van der Waals surface area contributed by atoms with Gasteiger partial charge < -0.3 is 10.4 Å². The van der Waals surface area contributed by atoms with Gasteiger partial charge >= 0.3 is 5.97 Å². The van der Waals surface area contributed by atoms with Crippen molar-refractivity contribution in [3.8, 4) is 0 Å². The number of hydrogen-bond donors (Lipinski definition) is 2. The summed E-state index contributed by atoms with van der Waals surface area (Å²) >= 11 is 0. The number of rotatable bonds is 13. The van der Waals surface area contributed by atoms with Gasteiger partial charge in [-0.1, -0.05) is 57.0 Å². The second kappa shape index (κ2) is 13.2. The predicted molar refractivity (Wildman–Crippen MR) is 76.0 cm³/mol. The monoisotopic (exact) mass is 270 g/mol. The Kier molecular flexibility index (Phi) is 12.3. The van der Waals surface area contributed by atoms with Crippen molar-refractivity contribution in [2.45, 2.75) is 64.3 Å². The third kappa shape index (κ3) is 11.6. The Bertz CT molecular complexity index is 278. The van der Waals surface area contributed by atoms with Crippen molar-refractivity contribution >= 4 is 5.97 Å². The maximum absolute atomic E-state index is 11.0. The van der Waals surface area contributed by atoms with E-state index in [4.69, 9.17) is 10.6 Å². The fourth-order valence-electron chi connectivity index (χ4n) is 1.95. The first kappa shape index (κ1) is 17.7. The standard InChI is InChI=1S/C13H26N4O2/c1-2-3-4-5-6-7-8-9-12(13(18)19)15-10-11-16-17-14/h12,15H,2-11H2,1H3,(H,18,19). The maximum Gasteiger partial charge on any atom is 0.320 e. The molecule has 6 nitrogen and oxygen atoms in total. The minimum atomic E-state index is -0.827. The van der Waals surface area contributed by atoms with Gasteiger partial charge in [-0.3, -0.25) is 4.79 Å². The van der Waals surface area contributed by atoms with Crippen LogP contribution < -0.4 is 5.32 Å². The van der Waals surface area contributed by atoms with Crippen LogP contribution in [0.4, 0.5) is 0 Å². The summed E-state index contributed by atoms with van der Waals surface area (Å²) in [5.41, 5.74) is 8.12. The summed E-state index contributed by atoms with van der Waals surface area (Å²) in [6.45, 7) is 2.90. The van der Waals surface area contributed by atoms with Crippen LogP contribution in [0.15, 0.2) is 5.11 Å². The molecule has 1 unspecified atom stereocenters. The molecule has 19 heavy (non-hydrogen) atoms. The SMILES string of the molecule is CCCCCCCCCC(NCCN=[N+]=[N-])C(=O)O. The van der Waals surface area contributed by atoms with Crippen LogP contribution in [0.3, 0.4) is 0 Å². The van der Waals surface area contributed by atoms with Gasteiger partial charge in [0.05, 0.1) is 0 Å². The summed E-state index contributed by atoms with van der Waals surface area (Å²) in [7, 11) is 0. The van der Waals surface area contributed by atoms with E-state index in [1.165, 1.54) is 32.1 Å². The van der Waals surface area contributed by atoms with Gasteiger partial charge in [0, 0.05) is 18.0 Å². The Labute approximate surface area is 115 Å². The van der Waals surface area contributed by atoms with Crippen LogP contribution >= 0.6 is 0 Å². The lowest BCUT2D eigenvalue weighted by molar-refractivity contribution is -0.139. The average molecular weight is 270 g/mol. The molecule has 0 aliphatic rings. The number of nitrogens with zero attached hydrogens (tertiary/aromatic N) is 3. The van der Waals surface area contributed by atoms with Gasteiger partial charge in [0.25, 0.3) is 0 Å². The molecule has 0 saturated carbocycles. The molecule has 0 aromatic carbocycles. The Morgan fingerprint density at radius 1 is 1.26 bits per heavy atom. The van der Waals surface area contributed by atoms with Crippen LogP contribution in [0.1, 0.15) is 58.3 Å². The summed E-state index contributed by atoms with van der Waals surface area (Å²) in [4.78, 5) is 13.6. The summed E-state index contributed by atoms with van der Waals surface area (Å²) in [5.74, 6) is -0.827. The lowest BCUT2D eigenvalue weighted by Crippen LogP contribution is -2.37. The molecule has 0 amide bonds. The van der Waals surface area contributed by atoms with Crippen molar-refractivity contribution in [3.63, 3.8) is 0 Å². The summed E-state index contributed by atoms with van der Waals surface area (Å²) in [6, 6.07) is -0.524. The first-order chi connectivity index (χ1) is 9.22. The Balaban J connectivity index is 3.59. The van der Waals surface area contributed by atoms with Crippen molar-refractivity contribution in [3.05, 3.63) is 10.4 Å². The second-order valence-corrected chi connectivity index (χ2v) is 4.71. The third-order valence-electron chi connectivity index (χ3n) is 3.06. The lowest BCUT2D eigenvalue weighted by atomic mass is 10.1. The number of nitrogens with one attached hydrogen (secondary N) is 1. The van der Waals surface area contributed by atoms with E-state index in [1.54, 1.807) is 0 Å².